The molecule has 0 atom stereocenters. The number of imide groups is 1. The molecule has 0 saturated heterocycles. The third kappa shape index (κ3) is 4.24. The number of nitriles is 1. The lowest BCUT2D eigenvalue weighted by Crippen LogP contribution is -2.29. The molecule has 36 heavy (non-hydrogen) atoms. The van der Waals surface area contributed by atoms with Gasteiger partial charge in [0.2, 0.25) is 0 Å². The highest BCUT2D eigenvalue weighted by molar-refractivity contribution is 6.34. The number of hydrogen-bond acceptors (Lipinski definition) is 6. The van der Waals surface area contributed by atoms with Crippen molar-refractivity contribution < 1.29 is 29.0 Å². The van der Waals surface area contributed by atoms with E-state index in [0.29, 0.717) is 34.2 Å². The lowest BCUT2D eigenvalue weighted by Gasteiger charge is -2.14. The van der Waals surface area contributed by atoms with Gasteiger partial charge in [-0.3, -0.25) is 9.59 Å². The first-order valence-electron chi connectivity index (χ1n) is 10.7. The third-order valence-corrected chi connectivity index (χ3v) is 5.51. The number of carbonyl (C=O) groups excluding carboxylic acids is 2. The van der Waals surface area contributed by atoms with Gasteiger partial charge in [0.05, 0.1) is 34.0 Å². The zero-order chi connectivity index (χ0) is 25.2. The van der Waals surface area contributed by atoms with Crippen molar-refractivity contribution in [2.45, 2.75) is 0 Å². The molecule has 1 aliphatic heterocycles. The predicted octanol–water partition coefficient (Wildman–Crippen LogP) is 5.64. The van der Waals surface area contributed by atoms with Crippen LogP contribution < -0.4 is 14.4 Å². The Labute approximate surface area is 205 Å². The van der Waals surface area contributed by atoms with E-state index in [-0.39, 0.29) is 16.7 Å². The zero-order valence-electron chi connectivity index (χ0n) is 18.5. The van der Waals surface area contributed by atoms with Gasteiger partial charge in [-0.2, -0.15) is 5.26 Å². The summed E-state index contributed by atoms with van der Waals surface area (Å²) in [7, 11) is 0. The van der Waals surface area contributed by atoms with E-state index < -0.39 is 17.8 Å². The minimum atomic E-state index is -1.04. The highest BCUT2D eigenvalue weighted by Crippen LogP contribution is 2.33. The maximum Gasteiger partial charge on any atom is 0.335 e. The minimum absolute atomic E-state index is 0.126. The van der Waals surface area contributed by atoms with E-state index in [9.17, 15) is 14.4 Å². The van der Waals surface area contributed by atoms with E-state index in [1.807, 2.05) is 6.07 Å². The quantitative estimate of drug-likeness (QED) is 0.358. The molecule has 1 N–H and O–H groups in total. The van der Waals surface area contributed by atoms with E-state index in [1.165, 1.54) is 36.4 Å². The fraction of sp³-hybridized carbons (Fsp3) is 0. The van der Waals surface area contributed by atoms with Crippen LogP contribution >= 0.6 is 0 Å². The lowest BCUT2D eigenvalue weighted by atomic mass is 10.1. The van der Waals surface area contributed by atoms with Crippen molar-refractivity contribution in [3.8, 4) is 29.1 Å². The number of benzene rings is 4. The first-order valence-corrected chi connectivity index (χ1v) is 10.7. The number of ether oxygens (including phenoxy) is 2. The molecule has 0 fully saturated rings. The number of fused-ring (bicyclic) bond motifs is 1. The van der Waals surface area contributed by atoms with Crippen LogP contribution in [0.4, 0.5) is 5.69 Å². The predicted molar refractivity (Wildman–Crippen MR) is 129 cm³/mol. The van der Waals surface area contributed by atoms with Crippen molar-refractivity contribution in [2.75, 3.05) is 4.90 Å². The van der Waals surface area contributed by atoms with Gasteiger partial charge >= 0.3 is 5.97 Å². The van der Waals surface area contributed by atoms with Crippen molar-refractivity contribution in [2.24, 2.45) is 0 Å². The molecule has 0 saturated carbocycles. The average Bonchev–Trinajstić information content (AvgIpc) is 3.14. The van der Waals surface area contributed by atoms with Crippen molar-refractivity contribution >= 4 is 23.5 Å². The lowest BCUT2D eigenvalue weighted by molar-refractivity contribution is 0.0696. The van der Waals surface area contributed by atoms with Gasteiger partial charge < -0.3 is 14.6 Å². The Morgan fingerprint density at radius 3 is 1.78 bits per heavy atom. The Morgan fingerprint density at radius 2 is 1.19 bits per heavy atom. The average molecular weight is 476 g/mol. The topological polar surface area (TPSA) is 117 Å². The van der Waals surface area contributed by atoms with Gasteiger partial charge in [0.1, 0.15) is 23.0 Å². The second-order valence-electron chi connectivity index (χ2n) is 7.82. The second-order valence-corrected chi connectivity index (χ2v) is 7.82. The molecule has 4 aromatic rings. The van der Waals surface area contributed by atoms with Crippen LogP contribution in [0.1, 0.15) is 36.6 Å². The summed E-state index contributed by atoms with van der Waals surface area (Å²) in [5, 5.41) is 17.9. The van der Waals surface area contributed by atoms with E-state index in [1.54, 1.807) is 54.6 Å². The van der Waals surface area contributed by atoms with Gasteiger partial charge in [-0.25, -0.2) is 9.69 Å². The summed E-state index contributed by atoms with van der Waals surface area (Å²) in [5.74, 6) is -0.192. The molecule has 0 radical (unpaired) electrons. The molecule has 174 valence electrons. The van der Waals surface area contributed by atoms with Crippen LogP contribution in [-0.4, -0.2) is 22.9 Å². The molecule has 2 amide bonds. The van der Waals surface area contributed by atoms with Gasteiger partial charge in [-0.05, 0) is 91.0 Å². The standard InChI is InChI=1S/C28H16N2O6/c29-16-17-1-7-20(8-2-17)35-22-11-5-19(6-12-22)30-26(31)24-14-13-23(15-25(24)27(30)32)36-21-9-3-18(4-10-21)28(33)34/h1-15H,(H,33,34). The number of hydrogen-bond donors (Lipinski definition) is 1. The number of rotatable bonds is 6. The molecule has 8 heteroatoms. The second kappa shape index (κ2) is 9.08. The number of nitrogens with zero attached hydrogens (tertiary/aromatic N) is 2. The summed E-state index contributed by atoms with van der Waals surface area (Å²) < 4.78 is 11.5. The summed E-state index contributed by atoms with van der Waals surface area (Å²) in [5.41, 5.74) is 1.50. The van der Waals surface area contributed by atoms with Crippen LogP contribution in [-0.2, 0) is 0 Å². The largest absolute Gasteiger partial charge is 0.478 e. The molecule has 0 bridgehead atoms. The molecule has 0 unspecified atom stereocenters. The van der Waals surface area contributed by atoms with Crippen LogP contribution in [0, 0.1) is 11.3 Å². The van der Waals surface area contributed by atoms with Crippen molar-refractivity contribution in [1.82, 2.24) is 0 Å². The Kier molecular flexibility index (Phi) is 5.64. The molecular weight excluding hydrogens is 460 g/mol. The first-order chi connectivity index (χ1) is 17.4. The first kappa shape index (κ1) is 22.4. The molecular formula is C28H16N2O6. The van der Waals surface area contributed by atoms with Crippen LogP contribution in [0.25, 0.3) is 0 Å². The van der Waals surface area contributed by atoms with Crippen molar-refractivity contribution in [1.29, 1.82) is 5.26 Å². The van der Waals surface area contributed by atoms with Crippen LogP contribution in [0.3, 0.4) is 0 Å². The summed E-state index contributed by atoms with van der Waals surface area (Å²) >= 11 is 0. The van der Waals surface area contributed by atoms with Crippen molar-refractivity contribution in [3.05, 3.63) is 113 Å². The fourth-order valence-corrected chi connectivity index (χ4v) is 3.72. The smallest absolute Gasteiger partial charge is 0.335 e. The zero-order valence-corrected chi connectivity index (χ0v) is 18.5. The highest BCUT2D eigenvalue weighted by Gasteiger charge is 2.37. The van der Waals surface area contributed by atoms with E-state index in [4.69, 9.17) is 19.8 Å². The normalized spacial score (nSPS) is 12.1. The van der Waals surface area contributed by atoms with E-state index in [2.05, 4.69) is 0 Å². The number of carboxylic acid groups (broad SMARTS) is 1. The summed E-state index contributed by atoms with van der Waals surface area (Å²) in [6.45, 7) is 0. The Morgan fingerprint density at radius 1 is 0.694 bits per heavy atom. The van der Waals surface area contributed by atoms with Crippen LogP contribution in [0.5, 0.6) is 23.0 Å². The minimum Gasteiger partial charge on any atom is -0.478 e. The SMILES string of the molecule is N#Cc1ccc(Oc2ccc(N3C(=O)c4ccc(Oc5ccc(C(=O)O)cc5)cc4C3=O)cc2)cc1. The Hall–Kier alpha value is -5.42. The van der Waals surface area contributed by atoms with E-state index in [0.717, 1.165) is 4.90 Å². The summed E-state index contributed by atoms with van der Waals surface area (Å²) in [4.78, 5) is 38.1. The molecule has 8 nitrogen and oxygen atoms in total. The molecule has 1 aliphatic rings. The maximum absolute atomic E-state index is 13.1. The summed E-state index contributed by atoms with van der Waals surface area (Å²) in [6.07, 6.45) is 0. The maximum atomic E-state index is 13.1. The molecule has 0 spiro atoms. The number of anilines is 1. The van der Waals surface area contributed by atoms with Gasteiger partial charge in [-0.1, -0.05) is 0 Å². The Balaban J connectivity index is 1.32. The number of amides is 2. The summed E-state index contributed by atoms with van der Waals surface area (Å²) in [6, 6.07) is 25.6. The number of aromatic carboxylic acids is 1. The molecule has 5 rings (SSSR count). The van der Waals surface area contributed by atoms with Gasteiger partial charge in [-0.15, -0.1) is 0 Å². The number of carboxylic acids is 1. The van der Waals surface area contributed by atoms with Gasteiger partial charge in [0, 0.05) is 0 Å². The monoisotopic (exact) mass is 476 g/mol. The highest BCUT2D eigenvalue weighted by atomic mass is 16.5. The molecule has 0 aliphatic carbocycles. The van der Waals surface area contributed by atoms with Gasteiger partial charge in [0.25, 0.3) is 11.8 Å². The fourth-order valence-electron chi connectivity index (χ4n) is 3.72. The van der Waals surface area contributed by atoms with Crippen molar-refractivity contribution in [3.63, 3.8) is 0 Å². The molecule has 0 aromatic heterocycles. The third-order valence-electron chi connectivity index (χ3n) is 5.51. The molecule has 4 aromatic carbocycles. The van der Waals surface area contributed by atoms with E-state index >= 15 is 0 Å². The van der Waals surface area contributed by atoms with Crippen LogP contribution in [0.15, 0.2) is 91.0 Å². The number of carbonyl (C=O) groups is 3. The van der Waals surface area contributed by atoms with Gasteiger partial charge in [0.15, 0.2) is 0 Å². The molecule has 1 heterocycles. The van der Waals surface area contributed by atoms with Crippen LogP contribution in [0.2, 0.25) is 0 Å². The Bertz CT molecular complexity index is 1540.